The highest BCUT2D eigenvalue weighted by atomic mass is 19.1. The van der Waals surface area contributed by atoms with Crippen molar-refractivity contribution in [2.24, 2.45) is 0 Å². The molecule has 2 aromatic rings. The zero-order chi connectivity index (χ0) is 17.5. The third-order valence-corrected chi connectivity index (χ3v) is 3.40. The summed E-state index contributed by atoms with van der Waals surface area (Å²) in [4.78, 5) is 11.8. The molecular formula is C18H20FNO4. The number of rotatable bonds is 7. The number of amides is 1. The Hall–Kier alpha value is -2.60. The number of halogens is 1. The van der Waals surface area contributed by atoms with Gasteiger partial charge in [-0.3, -0.25) is 4.79 Å². The van der Waals surface area contributed by atoms with Crippen molar-refractivity contribution in [2.45, 2.75) is 13.0 Å². The fraction of sp³-hybridized carbons (Fsp3) is 0.278. The first-order chi connectivity index (χ1) is 11.5. The zero-order valence-corrected chi connectivity index (χ0v) is 13.6. The standard InChI is InChI=1S/C18H20FNO4/c1-12-6-7-16(17(8-12)23-2)24-11-18(22)20-10-15(21)13-4-3-5-14(19)9-13/h3-9,15,21H,10-11H2,1-2H3,(H,20,22). The largest absolute Gasteiger partial charge is 0.493 e. The predicted molar refractivity (Wildman–Crippen MR) is 87.6 cm³/mol. The lowest BCUT2D eigenvalue weighted by atomic mass is 10.1. The average molecular weight is 333 g/mol. The zero-order valence-electron chi connectivity index (χ0n) is 13.6. The number of carbonyl (C=O) groups is 1. The molecule has 0 radical (unpaired) electrons. The minimum absolute atomic E-state index is 0.0311. The minimum Gasteiger partial charge on any atom is -0.493 e. The van der Waals surface area contributed by atoms with Crippen molar-refractivity contribution in [1.29, 1.82) is 0 Å². The molecule has 0 aliphatic rings. The average Bonchev–Trinajstić information content (AvgIpc) is 2.58. The van der Waals surface area contributed by atoms with E-state index in [9.17, 15) is 14.3 Å². The highest BCUT2D eigenvalue weighted by molar-refractivity contribution is 5.77. The third kappa shape index (κ3) is 4.96. The molecule has 6 heteroatoms. The van der Waals surface area contributed by atoms with E-state index in [1.54, 1.807) is 18.2 Å². The van der Waals surface area contributed by atoms with Crippen LogP contribution in [0.15, 0.2) is 42.5 Å². The first kappa shape index (κ1) is 17.7. The van der Waals surface area contributed by atoms with E-state index < -0.39 is 17.8 Å². The molecule has 2 rings (SSSR count). The van der Waals surface area contributed by atoms with E-state index >= 15 is 0 Å². The van der Waals surface area contributed by atoms with Crippen molar-refractivity contribution < 1.29 is 23.8 Å². The van der Waals surface area contributed by atoms with E-state index in [0.29, 0.717) is 17.1 Å². The SMILES string of the molecule is COc1cc(C)ccc1OCC(=O)NCC(O)c1cccc(F)c1. The van der Waals surface area contributed by atoms with Gasteiger partial charge in [0.2, 0.25) is 0 Å². The summed E-state index contributed by atoms with van der Waals surface area (Å²) in [5, 5.41) is 12.5. The van der Waals surface area contributed by atoms with Crippen LogP contribution < -0.4 is 14.8 Å². The Morgan fingerprint density at radius 3 is 2.75 bits per heavy atom. The van der Waals surface area contributed by atoms with E-state index in [1.807, 2.05) is 13.0 Å². The summed E-state index contributed by atoms with van der Waals surface area (Å²) in [5.41, 5.74) is 1.42. The Morgan fingerprint density at radius 2 is 2.04 bits per heavy atom. The summed E-state index contributed by atoms with van der Waals surface area (Å²) in [6, 6.07) is 11.0. The molecule has 2 aromatic carbocycles. The molecule has 24 heavy (non-hydrogen) atoms. The van der Waals surface area contributed by atoms with Crippen LogP contribution in [0.4, 0.5) is 4.39 Å². The highest BCUT2D eigenvalue weighted by Gasteiger charge is 2.12. The van der Waals surface area contributed by atoms with Gasteiger partial charge in [-0.25, -0.2) is 4.39 Å². The Balaban J connectivity index is 1.83. The van der Waals surface area contributed by atoms with Gasteiger partial charge in [0.1, 0.15) is 5.82 Å². The molecule has 5 nitrogen and oxygen atoms in total. The Labute approximate surface area is 140 Å². The number of hydrogen-bond donors (Lipinski definition) is 2. The van der Waals surface area contributed by atoms with Gasteiger partial charge in [0.05, 0.1) is 13.2 Å². The number of nitrogens with one attached hydrogen (secondary N) is 1. The molecule has 0 aliphatic carbocycles. The number of aliphatic hydroxyl groups excluding tert-OH is 1. The monoisotopic (exact) mass is 333 g/mol. The van der Waals surface area contributed by atoms with E-state index in [0.717, 1.165) is 5.56 Å². The minimum atomic E-state index is -0.987. The molecule has 0 aromatic heterocycles. The lowest BCUT2D eigenvalue weighted by Gasteiger charge is -2.14. The van der Waals surface area contributed by atoms with Crippen molar-refractivity contribution in [3.05, 3.63) is 59.4 Å². The number of benzene rings is 2. The van der Waals surface area contributed by atoms with Crippen LogP contribution in [-0.4, -0.2) is 31.3 Å². The summed E-state index contributed by atoms with van der Waals surface area (Å²) in [7, 11) is 1.52. The smallest absolute Gasteiger partial charge is 0.258 e. The van der Waals surface area contributed by atoms with Crippen LogP contribution in [0.2, 0.25) is 0 Å². The van der Waals surface area contributed by atoms with E-state index in [1.165, 1.54) is 25.3 Å². The third-order valence-electron chi connectivity index (χ3n) is 3.40. The topological polar surface area (TPSA) is 67.8 Å². The van der Waals surface area contributed by atoms with Crippen molar-refractivity contribution in [1.82, 2.24) is 5.32 Å². The van der Waals surface area contributed by atoms with E-state index in [4.69, 9.17) is 9.47 Å². The summed E-state index contributed by atoms with van der Waals surface area (Å²) < 4.78 is 23.7. The molecule has 2 N–H and O–H groups in total. The van der Waals surface area contributed by atoms with Gasteiger partial charge >= 0.3 is 0 Å². The molecular weight excluding hydrogens is 313 g/mol. The summed E-state index contributed by atoms with van der Waals surface area (Å²) in [6.45, 7) is 1.68. The molecule has 0 fully saturated rings. The fourth-order valence-electron chi connectivity index (χ4n) is 2.13. The molecule has 0 bridgehead atoms. The van der Waals surface area contributed by atoms with Gasteiger partial charge < -0.3 is 19.9 Å². The normalized spacial score (nSPS) is 11.7. The number of aliphatic hydroxyl groups is 1. The summed E-state index contributed by atoms with van der Waals surface area (Å²) in [5.74, 6) is 0.173. The molecule has 0 aliphatic heterocycles. The van der Waals surface area contributed by atoms with Crippen LogP contribution in [0.1, 0.15) is 17.2 Å². The van der Waals surface area contributed by atoms with Crippen molar-refractivity contribution >= 4 is 5.91 Å². The predicted octanol–water partition coefficient (Wildman–Crippen LogP) is 2.37. The molecule has 0 heterocycles. The van der Waals surface area contributed by atoms with E-state index in [2.05, 4.69) is 5.32 Å². The number of aryl methyl sites for hydroxylation is 1. The molecule has 1 amide bonds. The summed E-state index contributed by atoms with van der Waals surface area (Å²) in [6.07, 6.45) is -0.987. The van der Waals surface area contributed by atoms with Crippen LogP contribution >= 0.6 is 0 Å². The maximum Gasteiger partial charge on any atom is 0.258 e. The van der Waals surface area contributed by atoms with E-state index in [-0.39, 0.29) is 13.2 Å². The fourth-order valence-corrected chi connectivity index (χ4v) is 2.13. The first-order valence-electron chi connectivity index (χ1n) is 7.47. The second-order valence-corrected chi connectivity index (χ2v) is 5.32. The Bertz CT molecular complexity index is 705. The molecule has 128 valence electrons. The van der Waals surface area contributed by atoms with Crippen LogP contribution in [0.25, 0.3) is 0 Å². The molecule has 1 unspecified atom stereocenters. The molecule has 0 saturated carbocycles. The Kier molecular flexibility index (Phi) is 6.14. The van der Waals surface area contributed by atoms with Gasteiger partial charge in [-0.15, -0.1) is 0 Å². The molecule has 1 atom stereocenters. The van der Waals surface area contributed by atoms with Crippen molar-refractivity contribution in [3.63, 3.8) is 0 Å². The first-order valence-corrected chi connectivity index (χ1v) is 7.47. The number of carbonyl (C=O) groups excluding carboxylic acids is 1. The van der Waals surface area contributed by atoms with Gasteiger partial charge in [-0.05, 0) is 42.3 Å². The quantitative estimate of drug-likeness (QED) is 0.816. The second kappa shape index (κ2) is 8.31. The van der Waals surface area contributed by atoms with Crippen LogP contribution in [0.5, 0.6) is 11.5 Å². The maximum atomic E-state index is 13.1. The van der Waals surface area contributed by atoms with Gasteiger partial charge in [-0.1, -0.05) is 18.2 Å². The van der Waals surface area contributed by atoms with Gasteiger partial charge in [-0.2, -0.15) is 0 Å². The second-order valence-electron chi connectivity index (χ2n) is 5.32. The summed E-state index contributed by atoms with van der Waals surface area (Å²) >= 11 is 0. The molecule has 0 spiro atoms. The van der Waals surface area contributed by atoms with Gasteiger partial charge in [0.15, 0.2) is 18.1 Å². The van der Waals surface area contributed by atoms with Crippen LogP contribution in [0, 0.1) is 12.7 Å². The lowest BCUT2D eigenvalue weighted by Crippen LogP contribution is -2.32. The number of hydrogen-bond acceptors (Lipinski definition) is 4. The maximum absolute atomic E-state index is 13.1. The van der Waals surface area contributed by atoms with Crippen LogP contribution in [0.3, 0.4) is 0 Å². The van der Waals surface area contributed by atoms with Crippen LogP contribution in [-0.2, 0) is 4.79 Å². The number of ether oxygens (including phenoxy) is 2. The lowest BCUT2D eigenvalue weighted by molar-refractivity contribution is -0.123. The Morgan fingerprint density at radius 1 is 1.25 bits per heavy atom. The van der Waals surface area contributed by atoms with Crippen molar-refractivity contribution in [3.8, 4) is 11.5 Å². The van der Waals surface area contributed by atoms with Gasteiger partial charge in [0, 0.05) is 6.54 Å². The molecule has 0 saturated heterocycles. The van der Waals surface area contributed by atoms with Crippen molar-refractivity contribution in [2.75, 3.05) is 20.3 Å². The highest BCUT2D eigenvalue weighted by Crippen LogP contribution is 2.27. The van der Waals surface area contributed by atoms with Gasteiger partial charge in [0.25, 0.3) is 5.91 Å². The number of methoxy groups -OCH3 is 1.